The minimum atomic E-state index is -0.975. The van der Waals surface area contributed by atoms with E-state index in [1.807, 2.05) is 30.3 Å². The highest BCUT2D eigenvalue weighted by molar-refractivity contribution is 7.72. The van der Waals surface area contributed by atoms with Gasteiger partial charge in [-0.3, -0.25) is 9.65 Å². The van der Waals surface area contributed by atoms with Crippen molar-refractivity contribution in [2.24, 2.45) is 0 Å². The fourth-order valence-electron chi connectivity index (χ4n) is 1.12. The molecule has 1 fully saturated rings. The van der Waals surface area contributed by atoms with Gasteiger partial charge in [-0.2, -0.15) is 0 Å². The van der Waals surface area contributed by atoms with Gasteiger partial charge in [0.1, 0.15) is 5.75 Å². The fourth-order valence-corrected chi connectivity index (χ4v) is 5.63. The Morgan fingerprint density at radius 1 is 1.47 bits per heavy atom. The molecule has 1 aromatic rings. The van der Waals surface area contributed by atoms with Gasteiger partial charge < -0.3 is 9.92 Å². The van der Waals surface area contributed by atoms with Gasteiger partial charge in [-0.15, -0.1) is 0 Å². The molecule has 1 aliphatic rings. The molecule has 1 amide bonds. The van der Waals surface area contributed by atoms with Gasteiger partial charge in [0.2, 0.25) is 5.91 Å². The number of carbonyl (C=O) groups excluding carboxylic acids is 1. The van der Waals surface area contributed by atoms with Crippen LogP contribution in [0.25, 0.3) is 0 Å². The smallest absolute Gasteiger partial charge is 0.222 e. The summed E-state index contributed by atoms with van der Waals surface area (Å²) in [6, 6.07) is 9.50. The summed E-state index contributed by atoms with van der Waals surface area (Å²) in [5, 5.41) is 2.84. The normalized spacial score (nSPS) is 23.7. The summed E-state index contributed by atoms with van der Waals surface area (Å²) >= 11 is 0. The van der Waals surface area contributed by atoms with E-state index in [2.05, 4.69) is 14.8 Å². The van der Waals surface area contributed by atoms with Crippen molar-refractivity contribution in [1.29, 1.82) is 0 Å². The van der Waals surface area contributed by atoms with Gasteiger partial charge >= 0.3 is 0 Å². The van der Waals surface area contributed by atoms with E-state index >= 15 is 0 Å². The first-order chi connectivity index (χ1) is 8.25. The Morgan fingerprint density at radius 2 is 2.24 bits per heavy atom. The first kappa shape index (κ1) is 13.1. The molecule has 17 heavy (non-hydrogen) atoms. The van der Waals surface area contributed by atoms with Crippen LogP contribution in [0.2, 0.25) is 0 Å². The van der Waals surface area contributed by atoms with Gasteiger partial charge in [0, 0.05) is 15.8 Å². The Kier molecular flexibility index (Phi) is 5.05. The van der Waals surface area contributed by atoms with Crippen LogP contribution in [-0.4, -0.2) is 10.5 Å². The molecule has 6 nitrogen and oxygen atoms in total. The average Bonchev–Trinajstić information content (AvgIpc) is 2.32. The van der Waals surface area contributed by atoms with Crippen LogP contribution < -0.4 is 19.6 Å². The van der Waals surface area contributed by atoms with Crippen molar-refractivity contribution in [3.8, 4) is 5.75 Å². The molecular formula is C8H13N4O2P3. The number of amides is 1. The number of carbonyl (C=O) groups is 1. The SMILES string of the molecule is CC(=O)NP1NPNPN1Oc1ccccc1. The summed E-state index contributed by atoms with van der Waals surface area (Å²) in [7, 11) is -0.218. The Balaban J connectivity index is 1.99. The van der Waals surface area contributed by atoms with Crippen molar-refractivity contribution < 1.29 is 9.63 Å². The highest BCUT2D eigenvalue weighted by Crippen LogP contribution is 2.47. The van der Waals surface area contributed by atoms with Crippen molar-refractivity contribution in [2.75, 3.05) is 0 Å². The van der Waals surface area contributed by atoms with Crippen LogP contribution in [0.15, 0.2) is 30.3 Å². The Labute approximate surface area is 105 Å². The Morgan fingerprint density at radius 3 is 2.94 bits per heavy atom. The van der Waals surface area contributed by atoms with Crippen LogP contribution >= 0.6 is 26.1 Å². The predicted molar refractivity (Wildman–Crippen MR) is 72.5 cm³/mol. The van der Waals surface area contributed by atoms with Gasteiger partial charge in [-0.05, 0) is 12.1 Å². The summed E-state index contributed by atoms with van der Waals surface area (Å²) in [5.74, 6) is 0.688. The van der Waals surface area contributed by atoms with Gasteiger partial charge in [0.05, 0.1) is 8.88 Å². The highest BCUT2D eigenvalue weighted by Gasteiger charge is 2.25. The second-order valence-corrected chi connectivity index (χ2v) is 7.49. The van der Waals surface area contributed by atoms with E-state index in [1.54, 1.807) is 4.60 Å². The molecule has 1 aliphatic heterocycles. The Hall–Kier alpha value is -0.340. The summed E-state index contributed by atoms with van der Waals surface area (Å²) in [4.78, 5) is 23.1. The van der Waals surface area contributed by atoms with Gasteiger partial charge in [0.15, 0.2) is 8.37 Å². The standard InChI is InChI=1S/C8H13N4O2P3/c1-7(13)9-17-11-15-10-16-12(17)14-8-5-3-2-4-6-8/h2-6,10-11,15-16H,1H3,(H,9,13). The predicted octanol–water partition coefficient (Wildman–Crippen LogP) is 1.86. The van der Waals surface area contributed by atoms with Crippen molar-refractivity contribution in [3.05, 3.63) is 30.3 Å². The number of benzene rings is 1. The van der Waals surface area contributed by atoms with Crippen LogP contribution in [0.4, 0.5) is 0 Å². The maximum atomic E-state index is 11.1. The molecule has 0 spiro atoms. The fraction of sp³-hybridized carbons (Fsp3) is 0.125. The van der Waals surface area contributed by atoms with E-state index in [-0.39, 0.29) is 5.91 Å². The molecule has 1 aromatic carbocycles. The molecule has 9 heteroatoms. The van der Waals surface area contributed by atoms with Gasteiger partial charge in [-0.1, -0.05) is 22.8 Å². The van der Waals surface area contributed by atoms with Gasteiger partial charge in [-0.25, -0.2) is 4.86 Å². The molecule has 92 valence electrons. The molecule has 0 radical (unpaired) electrons. The maximum Gasteiger partial charge on any atom is 0.222 e. The van der Waals surface area contributed by atoms with E-state index in [1.165, 1.54) is 6.92 Å². The van der Waals surface area contributed by atoms with E-state index < -0.39 is 8.37 Å². The van der Waals surface area contributed by atoms with Crippen LogP contribution in [0, 0.1) is 0 Å². The first-order valence-electron chi connectivity index (χ1n) is 4.87. The number of nitrogens with zero attached hydrogens (tertiary/aromatic N) is 1. The lowest BCUT2D eigenvalue weighted by Gasteiger charge is -2.33. The third kappa shape index (κ3) is 4.11. The number of hydrogen-bond acceptors (Lipinski definition) is 5. The minimum absolute atomic E-state index is 0.0678. The lowest BCUT2D eigenvalue weighted by molar-refractivity contribution is -0.117. The summed E-state index contributed by atoms with van der Waals surface area (Å²) < 4.78 is 1.74. The summed E-state index contributed by atoms with van der Waals surface area (Å²) in [6.45, 7) is 1.50. The average molecular weight is 290 g/mol. The molecule has 3 atom stereocenters. The number of rotatable bonds is 3. The zero-order chi connectivity index (χ0) is 12.1. The van der Waals surface area contributed by atoms with Crippen LogP contribution in [0.3, 0.4) is 0 Å². The second-order valence-electron chi connectivity index (χ2n) is 3.13. The lowest BCUT2D eigenvalue weighted by atomic mass is 10.3. The monoisotopic (exact) mass is 290 g/mol. The molecule has 0 saturated carbocycles. The lowest BCUT2D eigenvalue weighted by Crippen LogP contribution is -2.33. The molecule has 1 saturated heterocycles. The molecule has 3 N–H and O–H groups in total. The summed E-state index contributed by atoms with van der Waals surface area (Å²) in [6.07, 6.45) is 0. The topological polar surface area (TPSA) is 65.6 Å². The number of para-hydroxylation sites is 1. The Bertz CT molecular complexity index is 380. The van der Waals surface area contributed by atoms with Crippen molar-refractivity contribution >= 4 is 32.0 Å². The van der Waals surface area contributed by atoms with Crippen LogP contribution in [0.1, 0.15) is 6.92 Å². The molecule has 0 bridgehead atoms. The number of hydrogen-bond donors (Lipinski definition) is 3. The third-order valence-corrected chi connectivity index (χ3v) is 6.15. The zero-order valence-electron chi connectivity index (χ0n) is 9.10. The third-order valence-electron chi connectivity index (χ3n) is 1.76. The van der Waals surface area contributed by atoms with Crippen molar-refractivity contribution in [2.45, 2.75) is 6.92 Å². The van der Waals surface area contributed by atoms with E-state index in [0.29, 0.717) is 17.8 Å². The highest BCUT2D eigenvalue weighted by atomic mass is 31.2. The zero-order valence-corrected chi connectivity index (χ0v) is 12.0. The van der Waals surface area contributed by atoms with Crippen LogP contribution in [-0.2, 0) is 4.79 Å². The molecule has 3 unspecified atom stereocenters. The van der Waals surface area contributed by atoms with Crippen molar-refractivity contribution in [1.82, 2.24) is 19.4 Å². The van der Waals surface area contributed by atoms with Crippen LogP contribution in [0.5, 0.6) is 5.75 Å². The van der Waals surface area contributed by atoms with E-state index in [0.717, 1.165) is 5.75 Å². The minimum Gasteiger partial charge on any atom is -0.395 e. The summed E-state index contributed by atoms with van der Waals surface area (Å²) in [5.41, 5.74) is 0. The molecule has 0 aliphatic carbocycles. The molecule has 1 heterocycles. The first-order valence-corrected chi connectivity index (χ1v) is 8.11. The number of nitrogens with one attached hydrogen (secondary N) is 3. The van der Waals surface area contributed by atoms with E-state index in [4.69, 9.17) is 4.84 Å². The largest absolute Gasteiger partial charge is 0.395 e. The van der Waals surface area contributed by atoms with Crippen molar-refractivity contribution in [3.63, 3.8) is 0 Å². The van der Waals surface area contributed by atoms with Gasteiger partial charge in [0.25, 0.3) is 0 Å². The maximum absolute atomic E-state index is 11.1. The molecule has 2 rings (SSSR count). The van der Waals surface area contributed by atoms with E-state index in [9.17, 15) is 4.79 Å². The molecular weight excluding hydrogens is 277 g/mol. The quantitative estimate of drug-likeness (QED) is 0.741. The second kappa shape index (κ2) is 6.55. The molecule has 0 aromatic heterocycles.